The van der Waals surface area contributed by atoms with E-state index >= 15 is 0 Å². The average molecular weight is 1470 g/mol. The molecule has 0 saturated heterocycles. The summed E-state index contributed by atoms with van der Waals surface area (Å²) in [6.07, 6.45) is 32.3. The van der Waals surface area contributed by atoms with Crippen molar-refractivity contribution in [3.8, 4) is 0 Å². The van der Waals surface area contributed by atoms with Crippen LogP contribution in [0.5, 0.6) is 0 Å². The van der Waals surface area contributed by atoms with Gasteiger partial charge in [0.2, 0.25) is 0 Å². The van der Waals surface area contributed by atoms with Crippen LogP contribution in [0.25, 0.3) is 0 Å². The van der Waals surface area contributed by atoms with Gasteiger partial charge in [0.15, 0.2) is 33.3 Å². The summed E-state index contributed by atoms with van der Waals surface area (Å²) in [5, 5.41) is 51.7. The topological polar surface area (TPSA) is 138 Å². The van der Waals surface area contributed by atoms with E-state index in [2.05, 4.69) is 177 Å². The normalized spacial score (nSPS) is 30.9. The fourth-order valence-electron chi connectivity index (χ4n) is 20.3. The summed E-state index contributed by atoms with van der Waals surface area (Å²) in [7, 11) is -7.12. The first-order chi connectivity index (χ1) is 43.6. The molecule has 99 heavy (non-hydrogen) atoms. The Morgan fingerprint density at radius 3 is 0.768 bits per heavy atom. The van der Waals surface area contributed by atoms with Crippen molar-refractivity contribution in [3.63, 3.8) is 0 Å². The molecule has 0 aromatic carbocycles. The maximum atomic E-state index is 10.5. The highest BCUT2D eigenvalue weighted by Crippen LogP contribution is 2.67. The summed E-state index contributed by atoms with van der Waals surface area (Å²) in [5.41, 5.74) is -0.321. The van der Waals surface area contributed by atoms with Crippen molar-refractivity contribution in [3.05, 3.63) is 0 Å². The van der Waals surface area contributed by atoms with Crippen LogP contribution in [0.4, 0.5) is 0 Å². The minimum Gasteiger partial charge on any atom is -0.417 e. The summed E-state index contributed by atoms with van der Waals surface area (Å²) in [5.74, 6) is 3.94. The second-order valence-electron chi connectivity index (χ2n) is 43.9. The van der Waals surface area contributed by atoms with Crippen LogP contribution in [-0.4, -0.2) is 114 Å². The molecule has 0 bridgehead atoms. The van der Waals surface area contributed by atoms with Crippen LogP contribution in [0.15, 0.2) is 0 Å². The van der Waals surface area contributed by atoms with Crippen molar-refractivity contribution in [1.29, 1.82) is 0 Å². The van der Waals surface area contributed by atoms with Gasteiger partial charge in [0, 0.05) is 38.1 Å². The van der Waals surface area contributed by atoms with E-state index in [4.69, 9.17) is 17.7 Å². The minimum atomic E-state index is -1.80. The summed E-state index contributed by atoms with van der Waals surface area (Å²) in [6.45, 7) is 75.6. The van der Waals surface area contributed by atoms with Crippen molar-refractivity contribution >= 4 is 33.3 Å². The molecule has 6 fully saturated rings. The second kappa shape index (κ2) is 35.0. The summed E-state index contributed by atoms with van der Waals surface area (Å²) < 4.78 is 28.0. The van der Waals surface area contributed by atoms with Crippen molar-refractivity contribution in [2.75, 3.05) is 19.8 Å². The zero-order valence-corrected chi connectivity index (χ0v) is 74.8. The van der Waals surface area contributed by atoms with Crippen LogP contribution in [0, 0.1) is 68.0 Å². The van der Waals surface area contributed by atoms with Gasteiger partial charge < -0.3 is 43.2 Å². The monoisotopic (exact) mass is 1470 g/mol. The number of hydrogen-bond acceptors (Lipinski definition) is 9. The Kier molecular flexibility index (Phi) is 33.8. The van der Waals surface area contributed by atoms with E-state index in [1.54, 1.807) is 0 Å². The fraction of sp³-hybridized carbons (Fsp3) is 1.00. The smallest absolute Gasteiger partial charge is 0.192 e. The number of hydrogen-bond donors (Lipinski definition) is 5. The third-order valence-electron chi connectivity index (χ3n) is 30.4. The number of fused-ring (bicyclic) bond motifs is 3. The van der Waals surface area contributed by atoms with E-state index in [-0.39, 0.29) is 64.5 Å². The van der Waals surface area contributed by atoms with Gasteiger partial charge in [-0.15, -0.1) is 0 Å². The molecular formula is C86H178O9Si4. The van der Waals surface area contributed by atoms with Gasteiger partial charge in [-0.1, -0.05) is 178 Å². The van der Waals surface area contributed by atoms with Crippen LogP contribution in [0.1, 0.15) is 354 Å². The van der Waals surface area contributed by atoms with Crippen LogP contribution in [0.3, 0.4) is 0 Å². The molecular weight excluding hydrogens is 1290 g/mol. The van der Waals surface area contributed by atoms with Crippen LogP contribution in [0.2, 0.25) is 72.5 Å². The fourth-order valence-corrected chi connectivity index (χ4v) is 25.6. The van der Waals surface area contributed by atoms with E-state index in [1.807, 2.05) is 41.5 Å². The molecule has 6 rings (SSSR count). The molecule has 6 aliphatic carbocycles. The predicted molar refractivity (Wildman–Crippen MR) is 440 cm³/mol. The average Bonchev–Trinajstić information content (AvgIpc) is 1.63. The van der Waals surface area contributed by atoms with E-state index in [0.29, 0.717) is 70.1 Å². The zero-order valence-electron chi connectivity index (χ0n) is 70.8. The Labute approximate surface area is 622 Å². The lowest BCUT2D eigenvalue weighted by atomic mass is 9.56. The van der Waals surface area contributed by atoms with Gasteiger partial charge >= 0.3 is 0 Å². The molecule has 15 atom stereocenters. The lowest BCUT2D eigenvalue weighted by Gasteiger charge is -2.53. The maximum absolute atomic E-state index is 10.5. The molecule has 0 spiro atoms. The number of aliphatic hydroxyl groups excluding tert-OH is 2. The van der Waals surface area contributed by atoms with Crippen molar-refractivity contribution in [2.45, 2.75) is 462 Å². The Morgan fingerprint density at radius 1 is 0.323 bits per heavy atom. The summed E-state index contributed by atoms with van der Waals surface area (Å²) in [4.78, 5) is 0. The van der Waals surface area contributed by atoms with Gasteiger partial charge in [-0.3, -0.25) is 0 Å². The number of aliphatic hydroxyl groups is 5. The van der Waals surface area contributed by atoms with Crippen LogP contribution >= 0.6 is 0 Å². The molecule has 0 radical (unpaired) electrons. The second-order valence-corrected chi connectivity index (χ2v) is 63.0. The molecule has 5 N–H and O–H groups in total. The van der Waals surface area contributed by atoms with E-state index < -0.39 is 50.1 Å². The molecule has 9 nitrogen and oxygen atoms in total. The predicted octanol–water partition coefficient (Wildman–Crippen LogP) is 25.1. The lowest BCUT2D eigenvalue weighted by Crippen LogP contribution is -2.51. The first kappa shape index (κ1) is 95.6. The first-order valence-electron chi connectivity index (χ1n) is 40.6. The summed E-state index contributed by atoms with van der Waals surface area (Å²) >= 11 is 0. The van der Waals surface area contributed by atoms with E-state index in [1.165, 1.54) is 103 Å². The van der Waals surface area contributed by atoms with E-state index in [0.717, 1.165) is 77.2 Å². The highest BCUT2D eigenvalue weighted by molar-refractivity contribution is 6.75. The highest BCUT2D eigenvalue weighted by Gasteiger charge is 2.61. The quantitative estimate of drug-likeness (QED) is 0.0464. The lowest BCUT2D eigenvalue weighted by molar-refractivity contribution is -0.0516. The van der Waals surface area contributed by atoms with Gasteiger partial charge in [-0.05, 0) is 317 Å². The molecule has 6 aliphatic rings. The molecule has 0 aromatic rings. The highest BCUT2D eigenvalue weighted by atomic mass is 28.4. The zero-order chi connectivity index (χ0) is 74.7. The van der Waals surface area contributed by atoms with Gasteiger partial charge in [0.1, 0.15) is 0 Å². The Bertz CT molecular complexity index is 2280. The third kappa shape index (κ3) is 24.5. The van der Waals surface area contributed by atoms with Gasteiger partial charge in [-0.2, -0.15) is 0 Å². The molecule has 0 heterocycles. The van der Waals surface area contributed by atoms with Crippen LogP contribution in [-0.2, 0) is 17.7 Å². The Hall–Kier alpha value is 0.508. The molecule has 0 amide bonds. The van der Waals surface area contributed by atoms with Crippen molar-refractivity contribution < 1.29 is 43.2 Å². The maximum Gasteiger partial charge on any atom is 0.192 e. The van der Waals surface area contributed by atoms with Gasteiger partial charge in [-0.25, -0.2) is 0 Å². The molecule has 4 unspecified atom stereocenters. The minimum absolute atomic E-state index is 0. The number of rotatable bonds is 29. The SMILES string of the molecule is C.C.CC(C)(O)CCCC(C)(CCO[Si](C)(C)C(C)(C)C)[C@H]1CCC2[C@@H](O[Si](C)(C)C(C)(C)C)CCC[C@@]21C.CC(C)(O)CCC[C@@](C)(CCO)[C@H]1CCC2[C@@H](O[Si](C)(C)C(C)(C)C)CCC[C@@]21C.CC(C)(O)CCC[C@](C)(CCO)[C@H]1CCC2[C@@H](O[Si](C)(C)C(C)(C)C)CCC[C@@]21C. The largest absolute Gasteiger partial charge is 0.417 e. The third-order valence-corrected chi connectivity index (χ3v) is 48.4. The molecule has 0 aliphatic heterocycles. The van der Waals surface area contributed by atoms with E-state index in [9.17, 15) is 25.5 Å². The Balaban J connectivity index is 0.000000504. The Morgan fingerprint density at radius 2 is 0.556 bits per heavy atom. The van der Waals surface area contributed by atoms with Crippen LogP contribution < -0.4 is 0 Å². The molecule has 6 saturated carbocycles. The molecule has 592 valence electrons. The van der Waals surface area contributed by atoms with Crippen molar-refractivity contribution in [1.82, 2.24) is 0 Å². The standard InChI is InChI=1S/C32H66O3Si2.2C26H52O3Si.2CH4/c1-28(2,3)36(11,12)34-24-23-31(9,21-16-20-30(7,8)33)27-19-18-25-26(17-15-22-32(25,27)10)35-37(13,14)29(4,5)6;2*1-23(2,3)30(8,9)29-21-12-10-17-26(7)20(21)13-14-22(26)25(6,18-19-27)16-11-15-24(4,5)28;;/h25-27,33H,15-24H2,1-14H3;2*20-22,27-28H,10-19H2,1-9H3;2*1H4/t25?,26-,27+,31?,32-;20?,21-,22+,25+,26-;20?,21-,22+,25-,26-;;/m000../s1. The molecule has 13 heteroatoms. The first-order valence-corrected chi connectivity index (χ1v) is 52.3. The van der Waals surface area contributed by atoms with Gasteiger partial charge in [0.05, 0.1) is 16.8 Å². The van der Waals surface area contributed by atoms with Gasteiger partial charge in [0.25, 0.3) is 0 Å². The van der Waals surface area contributed by atoms with Crippen molar-refractivity contribution in [2.24, 2.45) is 68.0 Å². The summed E-state index contributed by atoms with van der Waals surface area (Å²) in [6, 6.07) is 0. The molecule has 0 aromatic heterocycles.